The van der Waals surface area contributed by atoms with Crippen LogP contribution in [0.1, 0.15) is 12.8 Å². The van der Waals surface area contributed by atoms with Crippen molar-refractivity contribution in [3.8, 4) is 0 Å². The summed E-state index contributed by atoms with van der Waals surface area (Å²) in [4.78, 5) is 31.0. The highest BCUT2D eigenvalue weighted by Gasteiger charge is 2.15. The lowest BCUT2D eigenvalue weighted by Crippen LogP contribution is -2.36. The lowest BCUT2D eigenvalue weighted by Gasteiger charge is -2.09. The molecule has 2 amide bonds. The topological polar surface area (TPSA) is 109 Å². The van der Waals surface area contributed by atoms with E-state index in [0.29, 0.717) is 24.3 Å². The van der Waals surface area contributed by atoms with E-state index in [1.54, 1.807) is 0 Å². The first-order valence-electron chi connectivity index (χ1n) is 4.36. The molecule has 0 bridgehead atoms. The van der Waals surface area contributed by atoms with Gasteiger partial charge in [-0.1, -0.05) is 0 Å². The normalized spacial score (nSPS) is 11.7. The zero-order chi connectivity index (χ0) is 11.7. The molecule has 0 aromatic carbocycles. The van der Waals surface area contributed by atoms with Gasteiger partial charge in [-0.15, -0.1) is 0 Å². The van der Waals surface area contributed by atoms with Gasteiger partial charge in [-0.2, -0.15) is 11.8 Å². The van der Waals surface area contributed by atoms with E-state index in [0.717, 1.165) is 0 Å². The summed E-state index contributed by atoms with van der Waals surface area (Å²) in [6.07, 6.45) is 0.980. The van der Waals surface area contributed by atoms with Crippen LogP contribution in [0.4, 0.5) is 0 Å². The van der Waals surface area contributed by atoms with Gasteiger partial charge in [0.05, 0.1) is 0 Å². The molecule has 0 aromatic heterocycles. The van der Waals surface area contributed by atoms with Crippen LogP contribution in [0.25, 0.3) is 0 Å². The van der Waals surface area contributed by atoms with E-state index in [2.05, 4.69) is 5.32 Å². The van der Waals surface area contributed by atoms with E-state index < -0.39 is 12.0 Å². The van der Waals surface area contributed by atoms with Gasteiger partial charge in [-0.3, -0.25) is 9.59 Å². The quantitative estimate of drug-likeness (QED) is 0.357. The number of aliphatic carboxylic acids is 1. The van der Waals surface area contributed by atoms with Crippen molar-refractivity contribution in [2.75, 3.05) is 11.5 Å². The molecule has 86 valence electrons. The first-order chi connectivity index (χ1) is 7.07. The van der Waals surface area contributed by atoms with Crippen LogP contribution >= 0.6 is 11.8 Å². The predicted octanol–water partition coefficient (Wildman–Crippen LogP) is -0.816. The van der Waals surface area contributed by atoms with Crippen molar-refractivity contribution in [3.05, 3.63) is 0 Å². The third-order valence-electron chi connectivity index (χ3n) is 1.61. The van der Waals surface area contributed by atoms with Crippen molar-refractivity contribution in [1.29, 1.82) is 0 Å². The molecule has 4 N–H and O–H groups in total. The first-order valence-corrected chi connectivity index (χ1v) is 5.52. The number of rotatable bonds is 9. The van der Waals surface area contributed by atoms with E-state index in [1.165, 1.54) is 11.8 Å². The second kappa shape index (κ2) is 8.10. The van der Waals surface area contributed by atoms with Crippen molar-refractivity contribution in [2.45, 2.75) is 18.9 Å². The van der Waals surface area contributed by atoms with Crippen LogP contribution in [0.2, 0.25) is 0 Å². The van der Waals surface area contributed by atoms with Gasteiger partial charge in [0.15, 0.2) is 0 Å². The number of amides is 2. The second-order valence-corrected chi connectivity index (χ2v) is 4.02. The number of hydrogen-bond acceptors (Lipinski definition) is 4. The summed E-state index contributed by atoms with van der Waals surface area (Å²) in [6, 6.07) is -0.858. The number of primary amides is 1. The molecule has 0 saturated carbocycles. The van der Waals surface area contributed by atoms with Crippen LogP contribution in [0.15, 0.2) is 0 Å². The number of carbonyl (C=O) groups is 3. The molecule has 7 heteroatoms. The van der Waals surface area contributed by atoms with E-state index >= 15 is 0 Å². The molecular weight excluding hydrogens is 220 g/mol. The third kappa shape index (κ3) is 7.80. The predicted molar refractivity (Wildman–Crippen MR) is 56.4 cm³/mol. The van der Waals surface area contributed by atoms with E-state index in [9.17, 15) is 14.4 Å². The van der Waals surface area contributed by atoms with Gasteiger partial charge >= 0.3 is 5.97 Å². The smallest absolute Gasteiger partial charge is 0.326 e. The van der Waals surface area contributed by atoms with Crippen LogP contribution in [0.3, 0.4) is 0 Å². The van der Waals surface area contributed by atoms with Crippen LogP contribution in [0, 0.1) is 0 Å². The fourth-order valence-electron chi connectivity index (χ4n) is 0.836. The zero-order valence-electron chi connectivity index (χ0n) is 8.14. The summed E-state index contributed by atoms with van der Waals surface area (Å²) in [5.41, 5.74) is 4.93. The minimum Gasteiger partial charge on any atom is -0.480 e. The fraction of sp³-hybridized carbons (Fsp3) is 0.625. The minimum atomic E-state index is -1.06. The molecule has 0 fully saturated rings. The summed E-state index contributed by atoms with van der Waals surface area (Å²) in [5.74, 6) is -0.297. The number of carboxylic acids is 1. The second-order valence-electron chi connectivity index (χ2n) is 2.79. The SMILES string of the molecule is NC(=O)CCSCCC(NC=O)C(=O)O. The molecular formula is C8H14N2O4S. The Morgan fingerprint density at radius 1 is 1.47 bits per heavy atom. The van der Waals surface area contributed by atoms with Gasteiger partial charge < -0.3 is 16.2 Å². The Kier molecular flexibility index (Phi) is 7.43. The third-order valence-corrected chi connectivity index (χ3v) is 2.63. The molecule has 15 heavy (non-hydrogen) atoms. The Hall–Kier alpha value is -1.24. The molecule has 0 aliphatic rings. The summed E-state index contributed by atoms with van der Waals surface area (Å²) >= 11 is 1.43. The van der Waals surface area contributed by atoms with Gasteiger partial charge in [0.25, 0.3) is 0 Å². The van der Waals surface area contributed by atoms with E-state index in [4.69, 9.17) is 10.8 Å². The van der Waals surface area contributed by atoms with Crippen molar-refractivity contribution in [3.63, 3.8) is 0 Å². The highest BCUT2D eigenvalue weighted by atomic mass is 32.2. The Morgan fingerprint density at radius 3 is 2.60 bits per heavy atom. The van der Waals surface area contributed by atoms with Gasteiger partial charge in [0.2, 0.25) is 12.3 Å². The highest BCUT2D eigenvalue weighted by molar-refractivity contribution is 7.99. The zero-order valence-corrected chi connectivity index (χ0v) is 8.96. The van der Waals surface area contributed by atoms with Crippen molar-refractivity contribution in [2.24, 2.45) is 5.73 Å². The Labute approximate surface area is 91.6 Å². The van der Waals surface area contributed by atoms with Crippen LogP contribution in [0.5, 0.6) is 0 Å². The Morgan fingerprint density at radius 2 is 2.13 bits per heavy atom. The number of nitrogens with two attached hydrogens (primary N) is 1. The molecule has 0 radical (unpaired) electrons. The van der Waals surface area contributed by atoms with Crippen molar-refractivity contribution < 1.29 is 19.5 Å². The molecule has 0 rings (SSSR count). The summed E-state index contributed by atoms with van der Waals surface area (Å²) in [5, 5.41) is 10.8. The van der Waals surface area contributed by atoms with Gasteiger partial charge in [0, 0.05) is 12.2 Å². The highest BCUT2D eigenvalue weighted by Crippen LogP contribution is 2.06. The molecule has 0 heterocycles. The lowest BCUT2D eigenvalue weighted by atomic mass is 10.2. The van der Waals surface area contributed by atoms with E-state index in [-0.39, 0.29) is 12.3 Å². The molecule has 0 spiro atoms. The summed E-state index contributed by atoms with van der Waals surface area (Å²) in [7, 11) is 0. The number of hydrogen-bond donors (Lipinski definition) is 3. The maximum Gasteiger partial charge on any atom is 0.326 e. The molecule has 0 aliphatic carbocycles. The molecule has 0 aliphatic heterocycles. The molecule has 1 atom stereocenters. The van der Waals surface area contributed by atoms with Gasteiger partial charge in [0.1, 0.15) is 6.04 Å². The molecule has 0 saturated heterocycles. The number of carboxylic acid groups (broad SMARTS) is 1. The van der Waals surface area contributed by atoms with Crippen molar-refractivity contribution >= 4 is 30.0 Å². The number of carbonyl (C=O) groups excluding carboxylic acids is 2. The number of thioether (sulfide) groups is 1. The molecule has 0 aromatic rings. The monoisotopic (exact) mass is 234 g/mol. The van der Waals surface area contributed by atoms with Crippen LogP contribution in [-0.2, 0) is 14.4 Å². The Balaban J connectivity index is 3.57. The minimum absolute atomic E-state index is 0.281. The van der Waals surface area contributed by atoms with Crippen molar-refractivity contribution in [1.82, 2.24) is 5.32 Å². The average Bonchev–Trinajstić information content (AvgIpc) is 2.15. The maximum atomic E-state index is 10.6. The largest absolute Gasteiger partial charge is 0.480 e. The first kappa shape index (κ1) is 13.8. The summed E-state index contributed by atoms with van der Waals surface area (Å²) in [6.45, 7) is 0. The Bertz CT molecular complexity index is 235. The van der Waals surface area contributed by atoms with E-state index in [1.807, 2.05) is 0 Å². The van der Waals surface area contributed by atoms with Crippen LogP contribution in [-0.4, -0.2) is 40.9 Å². The van der Waals surface area contributed by atoms with Gasteiger partial charge in [-0.25, -0.2) is 4.79 Å². The van der Waals surface area contributed by atoms with Gasteiger partial charge in [-0.05, 0) is 12.2 Å². The molecule has 1 unspecified atom stereocenters. The molecule has 6 nitrogen and oxygen atoms in total. The average molecular weight is 234 g/mol. The lowest BCUT2D eigenvalue weighted by molar-refractivity contribution is -0.140. The number of nitrogens with one attached hydrogen (secondary N) is 1. The maximum absolute atomic E-state index is 10.6. The fourth-order valence-corrected chi connectivity index (χ4v) is 1.79. The standard InChI is InChI=1S/C8H14N2O4S/c9-7(12)2-4-15-3-1-6(8(13)14)10-5-11/h5-6H,1-4H2,(H2,9,12)(H,10,11)(H,13,14). The van der Waals surface area contributed by atoms with Crippen LogP contribution < -0.4 is 11.1 Å². The summed E-state index contributed by atoms with van der Waals surface area (Å²) < 4.78 is 0.